The molecular formula is C19H28N2O3S. The van der Waals surface area contributed by atoms with Gasteiger partial charge in [0.2, 0.25) is 15.9 Å². The molecular weight excluding hydrogens is 336 g/mol. The molecule has 1 atom stereocenters. The molecule has 2 saturated heterocycles. The molecule has 1 aromatic rings. The van der Waals surface area contributed by atoms with E-state index >= 15 is 0 Å². The summed E-state index contributed by atoms with van der Waals surface area (Å²) in [5.74, 6) is 0.545. The smallest absolute Gasteiger partial charge is 0.226 e. The Hall–Kier alpha value is -1.40. The van der Waals surface area contributed by atoms with Crippen molar-refractivity contribution in [2.24, 2.45) is 5.92 Å². The van der Waals surface area contributed by atoms with Gasteiger partial charge in [-0.25, -0.2) is 8.42 Å². The lowest BCUT2D eigenvalue weighted by atomic mass is 9.85. The highest BCUT2D eigenvalue weighted by molar-refractivity contribution is 7.88. The number of sulfonamides is 1. The van der Waals surface area contributed by atoms with E-state index in [1.54, 1.807) is 4.31 Å². The summed E-state index contributed by atoms with van der Waals surface area (Å²) in [5, 5.41) is 0. The van der Waals surface area contributed by atoms with Gasteiger partial charge in [0.05, 0.1) is 12.7 Å². The normalized spacial score (nSPS) is 23.6. The third-order valence-corrected chi connectivity index (χ3v) is 6.86. The van der Waals surface area contributed by atoms with Crippen LogP contribution in [0.5, 0.6) is 0 Å². The van der Waals surface area contributed by atoms with Crippen LogP contribution in [0.2, 0.25) is 0 Å². The summed E-state index contributed by atoms with van der Waals surface area (Å²) >= 11 is 0. The third-order valence-electron chi connectivity index (χ3n) is 5.56. The predicted molar refractivity (Wildman–Crippen MR) is 98.6 cm³/mol. The van der Waals surface area contributed by atoms with Gasteiger partial charge in [-0.2, -0.15) is 4.31 Å². The molecule has 0 unspecified atom stereocenters. The van der Waals surface area contributed by atoms with Gasteiger partial charge in [0.25, 0.3) is 0 Å². The summed E-state index contributed by atoms with van der Waals surface area (Å²) in [7, 11) is -3.14. The number of carbonyl (C=O) groups is 1. The molecule has 5 nitrogen and oxygen atoms in total. The zero-order chi connectivity index (χ0) is 17.9. The average Bonchev–Trinajstić information content (AvgIpc) is 2.62. The van der Waals surface area contributed by atoms with Crippen LogP contribution in [-0.2, 0) is 21.2 Å². The Kier molecular flexibility index (Phi) is 5.79. The van der Waals surface area contributed by atoms with E-state index in [0.29, 0.717) is 18.9 Å². The number of benzene rings is 1. The van der Waals surface area contributed by atoms with E-state index in [9.17, 15) is 13.2 Å². The van der Waals surface area contributed by atoms with Crippen molar-refractivity contribution in [1.82, 2.24) is 9.21 Å². The summed E-state index contributed by atoms with van der Waals surface area (Å²) in [6.07, 6.45) is 6.58. The van der Waals surface area contributed by atoms with E-state index in [-0.39, 0.29) is 11.9 Å². The third kappa shape index (κ3) is 4.61. The molecule has 0 bridgehead atoms. The fraction of sp³-hybridized carbons (Fsp3) is 0.632. The first kappa shape index (κ1) is 18.4. The molecule has 6 heteroatoms. The van der Waals surface area contributed by atoms with Gasteiger partial charge in [-0.3, -0.25) is 4.79 Å². The van der Waals surface area contributed by atoms with E-state index in [1.807, 2.05) is 35.2 Å². The highest BCUT2D eigenvalue weighted by atomic mass is 32.2. The second-order valence-electron chi connectivity index (χ2n) is 7.32. The number of rotatable bonds is 4. The van der Waals surface area contributed by atoms with Crippen molar-refractivity contribution in [3.63, 3.8) is 0 Å². The Morgan fingerprint density at radius 2 is 1.72 bits per heavy atom. The lowest BCUT2D eigenvalue weighted by Crippen LogP contribution is -2.50. The first-order valence-corrected chi connectivity index (χ1v) is 11.1. The molecule has 0 aromatic heterocycles. The molecule has 0 radical (unpaired) electrons. The van der Waals surface area contributed by atoms with Crippen LogP contribution < -0.4 is 0 Å². The number of nitrogens with zero attached hydrogens (tertiary/aromatic N) is 2. The summed E-state index contributed by atoms with van der Waals surface area (Å²) in [4.78, 5) is 14.4. The minimum absolute atomic E-state index is 0.120. The second kappa shape index (κ2) is 7.87. The Balaban J connectivity index is 1.57. The van der Waals surface area contributed by atoms with Crippen LogP contribution >= 0.6 is 0 Å². The van der Waals surface area contributed by atoms with Gasteiger partial charge in [0.1, 0.15) is 0 Å². The molecule has 2 heterocycles. The molecule has 138 valence electrons. The highest BCUT2D eigenvalue weighted by Gasteiger charge is 2.37. The van der Waals surface area contributed by atoms with Crippen molar-refractivity contribution >= 4 is 15.9 Å². The van der Waals surface area contributed by atoms with Crippen molar-refractivity contribution in [3.05, 3.63) is 35.9 Å². The minimum atomic E-state index is -3.14. The SMILES string of the molecule is CS(=O)(=O)N1CCCC[C@H]1C1CCN(C(=O)Cc2ccccc2)CC1. The number of carbonyl (C=O) groups excluding carboxylic acids is 1. The van der Waals surface area contributed by atoms with Gasteiger partial charge in [0.15, 0.2) is 0 Å². The lowest BCUT2D eigenvalue weighted by molar-refractivity contribution is -0.132. The second-order valence-corrected chi connectivity index (χ2v) is 9.25. The van der Waals surface area contributed by atoms with Gasteiger partial charge in [-0.05, 0) is 37.2 Å². The van der Waals surface area contributed by atoms with E-state index < -0.39 is 10.0 Å². The summed E-state index contributed by atoms with van der Waals surface area (Å²) in [5.41, 5.74) is 1.05. The fourth-order valence-corrected chi connectivity index (χ4v) is 5.46. The largest absolute Gasteiger partial charge is 0.342 e. The molecule has 0 aliphatic carbocycles. The topological polar surface area (TPSA) is 57.7 Å². The molecule has 2 fully saturated rings. The van der Waals surface area contributed by atoms with Gasteiger partial charge in [-0.15, -0.1) is 0 Å². The molecule has 0 saturated carbocycles. The Bertz CT molecular complexity index is 682. The maximum absolute atomic E-state index is 12.5. The zero-order valence-electron chi connectivity index (χ0n) is 14.9. The maximum Gasteiger partial charge on any atom is 0.226 e. The quantitative estimate of drug-likeness (QED) is 0.824. The average molecular weight is 365 g/mol. The Morgan fingerprint density at radius 1 is 1.04 bits per heavy atom. The molecule has 1 amide bonds. The maximum atomic E-state index is 12.5. The van der Waals surface area contributed by atoms with Crippen LogP contribution in [0.25, 0.3) is 0 Å². The highest BCUT2D eigenvalue weighted by Crippen LogP contribution is 2.32. The van der Waals surface area contributed by atoms with Gasteiger partial charge < -0.3 is 4.90 Å². The Labute approximate surface area is 151 Å². The molecule has 25 heavy (non-hydrogen) atoms. The summed E-state index contributed by atoms with van der Waals surface area (Å²) in [6.45, 7) is 2.13. The fourth-order valence-electron chi connectivity index (χ4n) is 4.23. The molecule has 2 aliphatic rings. The van der Waals surface area contributed by atoms with E-state index in [2.05, 4.69) is 0 Å². The van der Waals surface area contributed by atoms with Gasteiger partial charge in [0, 0.05) is 25.7 Å². The number of hydrogen-bond acceptors (Lipinski definition) is 3. The summed E-state index contributed by atoms with van der Waals surface area (Å²) < 4.78 is 25.9. The van der Waals surface area contributed by atoms with Crippen molar-refractivity contribution < 1.29 is 13.2 Å². The van der Waals surface area contributed by atoms with Crippen molar-refractivity contribution in [3.8, 4) is 0 Å². The predicted octanol–water partition coefficient (Wildman–Crippen LogP) is 2.28. The van der Waals surface area contributed by atoms with Crippen LogP contribution in [0.3, 0.4) is 0 Å². The molecule has 2 aliphatic heterocycles. The monoisotopic (exact) mass is 364 g/mol. The van der Waals surface area contributed by atoms with Gasteiger partial charge >= 0.3 is 0 Å². The molecule has 1 aromatic carbocycles. The molecule has 0 spiro atoms. The zero-order valence-corrected chi connectivity index (χ0v) is 15.7. The number of hydrogen-bond donors (Lipinski definition) is 0. The van der Waals surface area contributed by atoms with Crippen molar-refractivity contribution in [2.45, 2.75) is 44.6 Å². The molecule has 0 N–H and O–H groups in total. The number of amides is 1. The van der Waals surface area contributed by atoms with E-state index in [4.69, 9.17) is 0 Å². The van der Waals surface area contributed by atoms with E-state index in [1.165, 1.54) is 6.26 Å². The lowest BCUT2D eigenvalue weighted by Gasteiger charge is -2.42. The number of likely N-dealkylation sites (tertiary alicyclic amines) is 1. The van der Waals surface area contributed by atoms with Crippen LogP contribution in [0.15, 0.2) is 30.3 Å². The van der Waals surface area contributed by atoms with Crippen molar-refractivity contribution in [1.29, 1.82) is 0 Å². The van der Waals surface area contributed by atoms with Crippen LogP contribution in [0.4, 0.5) is 0 Å². The van der Waals surface area contributed by atoms with Crippen molar-refractivity contribution in [2.75, 3.05) is 25.9 Å². The Morgan fingerprint density at radius 3 is 2.36 bits per heavy atom. The first-order valence-electron chi connectivity index (χ1n) is 9.23. The van der Waals surface area contributed by atoms with Gasteiger partial charge in [-0.1, -0.05) is 36.8 Å². The first-order chi connectivity index (χ1) is 11.9. The van der Waals surface area contributed by atoms with Crippen LogP contribution in [0.1, 0.15) is 37.7 Å². The van der Waals surface area contributed by atoms with Crippen LogP contribution in [-0.4, -0.2) is 55.5 Å². The molecule has 3 rings (SSSR count). The summed E-state index contributed by atoms with van der Waals surface area (Å²) in [6, 6.07) is 9.95. The standard InChI is InChI=1S/C19H28N2O3S/c1-25(23,24)21-12-6-5-9-18(21)17-10-13-20(14-11-17)19(22)15-16-7-3-2-4-8-16/h2-4,7-8,17-18H,5-6,9-15H2,1H3/t18-/m0/s1. The van der Waals surface area contributed by atoms with Crippen LogP contribution in [0, 0.1) is 5.92 Å². The number of piperidine rings is 2. The minimum Gasteiger partial charge on any atom is -0.342 e. The van der Waals surface area contributed by atoms with E-state index in [0.717, 1.165) is 50.8 Å².